The zero-order valence-electron chi connectivity index (χ0n) is 5.28. The molecular weight excluding hydrogens is 86.1 g/mol. The summed E-state index contributed by atoms with van der Waals surface area (Å²) >= 11 is 0. The molecule has 0 atom stereocenters. The van der Waals surface area contributed by atoms with Crippen LogP contribution in [0.15, 0.2) is 0 Å². The van der Waals surface area contributed by atoms with Gasteiger partial charge in [0.2, 0.25) is 0 Å². The fraction of sp³-hybridized carbons (Fsp3) is 1.00. The summed E-state index contributed by atoms with van der Waals surface area (Å²) in [5.74, 6) is 1.13. The third-order valence-corrected chi connectivity index (χ3v) is 1.27. The van der Waals surface area contributed by atoms with E-state index in [0.29, 0.717) is 0 Å². The molecule has 7 heavy (non-hydrogen) atoms. The van der Waals surface area contributed by atoms with Gasteiger partial charge in [-0.1, -0.05) is 26.2 Å². The lowest BCUT2D eigenvalue weighted by molar-refractivity contribution is 0.799. The fourth-order valence-electron chi connectivity index (χ4n) is 0.526. The molecule has 44 valence electrons. The zero-order valence-corrected chi connectivity index (χ0v) is 5.28. The van der Waals surface area contributed by atoms with Crippen molar-refractivity contribution in [3.63, 3.8) is 0 Å². The molecule has 0 saturated heterocycles. The third-order valence-electron chi connectivity index (χ3n) is 1.27. The van der Waals surface area contributed by atoms with Crippen molar-refractivity contribution in [3.05, 3.63) is 0 Å². The Labute approximate surface area is 45.9 Å². The van der Waals surface area contributed by atoms with Crippen LogP contribution in [0.25, 0.3) is 0 Å². The normalized spacial score (nSPS) is 17.6. The molecule has 0 aliphatic heterocycles. The maximum Gasteiger partial charge on any atom is -0.0195 e. The van der Waals surface area contributed by atoms with E-state index in [1.807, 2.05) is 0 Å². The molecule has 1 nitrogen and oxygen atoms in total. The minimum absolute atomic E-state index is 1.13. The van der Waals surface area contributed by atoms with Crippen LogP contribution < -0.4 is 5.73 Å². The summed E-state index contributed by atoms with van der Waals surface area (Å²) in [6, 6.07) is 0. The molecule has 0 amide bonds. The van der Waals surface area contributed by atoms with Crippen molar-refractivity contribution in [2.45, 2.75) is 26.2 Å². The molecule has 1 aliphatic rings. The van der Waals surface area contributed by atoms with Crippen LogP contribution in [0.5, 0.6) is 0 Å². The molecule has 0 heterocycles. The topological polar surface area (TPSA) is 26.0 Å². The number of rotatable bonds is 1. The van der Waals surface area contributed by atoms with Gasteiger partial charge in [0, 0.05) is 0 Å². The second kappa shape index (κ2) is 4.13. The smallest absolute Gasteiger partial charge is 0.0195 e. The van der Waals surface area contributed by atoms with Crippen LogP contribution in [-0.2, 0) is 0 Å². The Bertz CT molecular complexity index is 31.2. The number of hydrogen-bond donors (Lipinski definition) is 1. The SMILES string of the molecule is CCC1CC1.CN. The van der Waals surface area contributed by atoms with Crippen molar-refractivity contribution in [1.29, 1.82) is 0 Å². The van der Waals surface area contributed by atoms with Crippen molar-refractivity contribution in [2.24, 2.45) is 11.7 Å². The van der Waals surface area contributed by atoms with Crippen LogP contribution >= 0.6 is 0 Å². The van der Waals surface area contributed by atoms with Gasteiger partial charge in [-0.3, -0.25) is 0 Å². The molecule has 0 unspecified atom stereocenters. The Balaban J connectivity index is 0.000000162. The molecule has 1 aliphatic carbocycles. The highest BCUT2D eigenvalue weighted by Crippen LogP contribution is 2.31. The lowest BCUT2D eigenvalue weighted by Gasteiger charge is -1.72. The quantitative estimate of drug-likeness (QED) is 0.530. The first kappa shape index (κ1) is 6.96. The van der Waals surface area contributed by atoms with Gasteiger partial charge in [0.1, 0.15) is 0 Å². The van der Waals surface area contributed by atoms with Gasteiger partial charge in [0.05, 0.1) is 0 Å². The Morgan fingerprint density at radius 2 is 1.86 bits per heavy atom. The Kier molecular flexibility index (Phi) is 4.10. The van der Waals surface area contributed by atoms with Gasteiger partial charge >= 0.3 is 0 Å². The molecule has 1 saturated carbocycles. The molecule has 1 heteroatoms. The van der Waals surface area contributed by atoms with Crippen LogP contribution in [0.4, 0.5) is 0 Å². The molecule has 0 aromatic rings. The molecule has 0 radical (unpaired) electrons. The van der Waals surface area contributed by atoms with Gasteiger partial charge in [0.15, 0.2) is 0 Å². The van der Waals surface area contributed by atoms with Crippen molar-refractivity contribution in [1.82, 2.24) is 0 Å². The van der Waals surface area contributed by atoms with E-state index in [-0.39, 0.29) is 0 Å². The van der Waals surface area contributed by atoms with E-state index in [9.17, 15) is 0 Å². The maximum absolute atomic E-state index is 4.50. The lowest BCUT2D eigenvalue weighted by Crippen LogP contribution is -1.69. The molecule has 0 aromatic heterocycles. The molecule has 0 spiro atoms. The average Bonchev–Trinajstić information content (AvgIpc) is 2.52. The van der Waals surface area contributed by atoms with E-state index >= 15 is 0 Å². The first-order valence-corrected chi connectivity index (χ1v) is 3.01. The Morgan fingerprint density at radius 1 is 1.43 bits per heavy atom. The zero-order chi connectivity index (χ0) is 5.70. The molecule has 1 rings (SSSR count). The summed E-state index contributed by atoms with van der Waals surface area (Å²) < 4.78 is 0. The standard InChI is InChI=1S/C5H10.CH5N/c1-2-5-3-4-5;1-2/h5H,2-4H2,1H3;2H2,1H3. The van der Waals surface area contributed by atoms with Gasteiger partial charge in [0.25, 0.3) is 0 Å². The Morgan fingerprint density at radius 3 is 1.86 bits per heavy atom. The van der Waals surface area contributed by atoms with Crippen LogP contribution in [0.2, 0.25) is 0 Å². The minimum Gasteiger partial charge on any atom is -0.333 e. The van der Waals surface area contributed by atoms with Gasteiger partial charge in [-0.15, -0.1) is 0 Å². The maximum atomic E-state index is 4.50. The van der Waals surface area contributed by atoms with Gasteiger partial charge in [-0.2, -0.15) is 0 Å². The van der Waals surface area contributed by atoms with E-state index < -0.39 is 0 Å². The van der Waals surface area contributed by atoms with Crippen molar-refractivity contribution in [3.8, 4) is 0 Å². The van der Waals surface area contributed by atoms with E-state index in [0.717, 1.165) is 5.92 Å². The van der Waals surface area contributed by atoms with Crippen molar-refractivity contribution in [2.75, 3.05) is 7.05 Å². The molecule has 2 N–H and O–H groups in total. The largest absolute Gasteiger partial charge is 0.333 e. The van der Waals surface area contributed by atoms with Gasteiger partial charge < -0.3 is 5.73 Å². The van der Waals surface area contributed by atoms with E-state index in [1.54, 1.807) is 0 Å². The van der Waals surface area contributed by atoms with Crippen LogP contribution in [0.1, 0.15) is 26.2 Å². The van der Waals surface area contributed by atoms with Crippen LogP contribution in [0, 0.1) is 5.92 Å². The summed E-state index contributed by atoms with van der Waals surface area (Å²) in [7, 11) is 1.50. The Hall–Kier alpha value is -0.0400. The molecule has 0 aromatic carbocycles. The summed E-state index contributed by atoms with van der Waals surface area (Å²) in [6.45, 7) is 2.26. The minimum atomic E-state index is 1.13. The van der Waals surface area contributed by atoms with Gasteiger partial charge in [-0.25, -0.2) is 0 Å². The molecule has 1 fully saturated rings. The predicted molar refractivity (Wildman–Crippen MR) is 33.1 cm³/mol. The summed E-state index contributed by atoms with van der Waals surface area (Å²) in [5, 5.41) is 0. The fourth-order valence-corrected chi connectivity index (χ4v) is 0.526. The molecule has 0 bridgehead atoms. The highest BCUT2D eigenvalue weighted by Gasteiger charge is 2.17. The number of hydrogen-bond acceptors (Lipinski definition) is 1. The third kappa shape index (κ3) is 3.80. The first-order valence-electron chi connectivity index (χ1n) is 3.01. The predicted octanol–water partition coefficient (Wildman–Crippen LogP) is 1.38. The average molecular weight is 101 g/mol. The van der Waals surface area contributed by atoms with Crippen LogP contribution in [0.3, 0.4) is 0 Å². The van der Waals surface area contributed by atoms with Crippen molar-refractivity contribution >= 4 is 0 Å². The molecular formula is C6H15N. The number of nitrogens with two attached hydrogens (primary N) is 1. The highest BCUT2D eigenvalue weighted by atomic mass is 14.4. The van der Waals surface area contributed by atoms with E-state index in [1.165, 1.54) is 26.3 Å². The second-order valence-corrected chi connectivity index (χ2v) is 1.85. The summed E-state index contributed by atoms with van der Waals surface area (Å²) in [4.78, 5) is 0. The highest BCUT2D eigenvalue weighted by molar-refractivity contribution is 4.69. The first-order chi connectivity index (χ1) is 3.43. The lowest BCUT2D eigenvalue weighted by atomic mass is 10.3. The van der Waals surface area contributed by atoms with E-state index in [4.69, 9.17) is 0 Å². The van der Waals surface area contributed by atoms with E-state index in [2.05, 4.69) is 12.7 Å². The van der Waals surface area contributed by atoms with Crippen LogP contribution in [-0.4, -0.2) is 7.05 Å². The monoisotopic (exact) mass is 101 g/mol. The van der Waals surface area contributed by atoms with Crippen molar-refractivity contribution < 1.29 is 0 Å². The summed E-state index contributed by atoms with van der Waals surface area (Å²) in [5.41, 5.74) is 4.50. The van der Waals surface area contributed by atoms with Gasteiger partial charge in [-0.05, 0) is 13.0 Å². The summed E-state index contributed by atoms with van der Waals surface area (Å²) in [6.07, 6.45) is 4.44. The second-order valence-electron chi connectivity index (χ2n) is 1.85.